The second-order valence-electron chi connectivity index (χ2n) is 3.76. The molecule has 0 spiro atoms. The van der Waals surface area contributed by atoms with Gasteiger partial charge in [-0.2, -0.15) is 0 Å². The van der Waals surface area contributed by atoms with Crippen LogP contribution in [-0.2, 0) is 23.7 Å². The van der Waals surface area contributed by atoms with E-state index in [4.69, 9.17) is 18.9 Å². The Morgan fingerprint density at radius 1 is 1.28 bits per heavy atom. The summed E-state index contributed by atoms with van der Waals surface area (Å²) in [5, 5.41) is 9.88. The van der Waals surface area contributed by atoms with Crippen molar-refractivity contribution in [2.24, 2.45) is 0 Å². The highest BCUT2D eigenvalue weighted by atomic mass is 16.7. The van der Waals surface area contributed by atoms with E-state index in [2.05, 4.69) is 0 Å². The molecule has 0 saturated heterocycles. The first-order valence-electron chi connectivity index (χ1n) is 5.31. The van der Waals surface area contributed by atoms with Crippen molar-refractivity contribution in [1.82, 2.24) is 0 Å². The summed E-state index contributed by atoms with van der Waals surface area (Å²) in [5.41, 5.74) is 0.0852. The van der Waals surface area contributed by atoms with Crippen molar-refractivity contribution in [3.63, 3.8) is 0 Å². The Labute approximate surface area is 106 Å². The van der Waals surface area contributed by atoms with E-state index in [1.807, 2.05) is 0 Å². The normalized spacial score (nSPS) is 22.7. The predicted octanol–water partition coefficient (Wildman–Crippen LogP) is 0.935. The predicted molar refractivity (Wildman–Crippen MR) is 63.0 cm³/mol. The number of hydrogen-bond acceptors (Lipinski definition) is 6. The van der Waals surface area contributed by atoms with E-state index in [0.29, 0.717) is 0 Å². The third kappa shape index (κ3) is 2.03. The first-order chi connectivity index (χ1) is 8.48. The monoisotopic (exact) mass is 258 g/mol. The summed E-state index contributed by atoms with van der Waals surface area (Å²) in [6.07, 6.45) is 0.379. The molecule has 0 heterocycles. The van der Waals surface area contributed by atoms with Gasteiger partial charge in [-0.3, -0.25) is 4.79 Å². The Balaban J connectivity index is 3.46. The SMILES string of the molecule is COC1=CC(O)=C(C(C)=O)C(OC)C1(OC)OC. The van der Waals surface area contributed by atoms with Crippen LogP contribution in [0.2, 0.25) is 0 Å². The fourth-order valence-corrected chi connectivity index (χ4v) is 2.09. The van der Waals surface area contributed by atoms with Gasteiger partial charge in [0.05, 0.1) is 12.7 Å². The van der Waals surface area contributed by atoms with E-state index in [1.165, 1.54) is 41.4 Å². The van der Waals surface area contributed by atoms with Crippen LogP contribution in [0.5, 0.6) is 0 Å². The third-order valence-electron chi connectivity index (χ3n) is 2.94. The number of hydrogen-bond donors (Lipinski definition) is 1. The Bertz CT molecular complexity index is 391. The number of Topliss-reactive ketones (excluding diaryl/α,β-unsaturated/α-hetero) is 1. The number of allylic oxidation sites excluding steroid dienone is 1. The molecule has 1 rings (SSSR count). The molecule has 0 saturated carbocycles. The molecule has 0 aromatic carbocycles. The molecule has 1 N–H and O–H groups in total. The van der Waals surface area contributed by atoms with Crippen molar-refractivity contribution in [2.45, 2.75) is 18.8 Å². The molecule has 0 aliphatic heterocycles. The van der Waals surface area contributed by atoms with Gasteiger partial charge in [-0.25, -0.2) is 0 Å². The van der Waals surface area contributed by atoms with Crippen LogP contribution < -0.4 is 0 Å². The van der Waals surface area contributed by atoms with Gasteiger partial charge in [0.15, 0.2) is 17.6 Å². The fraction of sp³-hybridized carbons (Fsp3) is 0.583. The van der Waals surface area contributed by atoms with Crippen molar-refractivity contribution in [3.8, 4) is 0 Å². The summed E-state index contributed by atoms with van der Waals surface area (Å²) < 4.78 is 21.1. The standard InChI is InChI=1S/C12H18O6/c1-7(13)10-8(14)6-9(15-2)12(17-4,18-5)11(10)16-3/h6,11,14H,1-5H3. The topological polar surface area (TPSA) is 74.2 Å². The minimum atomic E-state index is -1.39. The maximum Gasteiger partial charge on any atom is 0.259 e. The highest BCUT2D eigenvalue weighted by Gasteiger charge is 2.51. The van der Waals surface area contributed by atoms with Crippen LogP contribution in [0, 0.1) is 0 Å². The van der Waals surface area contributed by atoms with Crippen molar-refractivity contribution >= 4 is 5.78 Å². The van der Waals surface area contributed by atoms with Crippen LogP contribution in [-0.4, -0.2) is 51.2 Å². The number of carbonyl (C=O) groups is 1. The molecule has 1 aliphatic carbocycles. The van der Waals surface area contributed by atoms with Crippen LogP contribution >= 0.6 is 0 Å². The number of aliphatic hydroxyl groups excluding tert-OH is 1. The lowest BCUT2D eigenvalue weighted by atomic mass is 9.90. The van der Waals surface area contributed by atoms with Crippen molar-refractivity contribution in [1.29, 1.82) is 0 Å². The van der Waals surface area contributed by atoms with Gasteiger partial charge in [-0.15, -0.1) is 0 Å². The van der Waals surface area contributed by atoms with E-state index < -0.39 is 11.9 Å². The number of carbonyl (C=O) groups excluding carboxylic acids is 1. The number of aliphatic hydroxyl groups is 1. The summed E-state index contributed by atoms with van der Waals surface area (Å²) in [6.45, 7) is 1.33. The van der Waals surface area contributed by atoms with Gasteiger partial charge in [0, 0.05) is 27.4 Å². The number of rotatable bonds is 5. The van der Waals surface area contributed by atoms with Crippen LogP contribution in [0.25, 0.3) is 0 Å². The lowest BCUT2D eigenvalue weighted by Gasteiger charge is -2.40. The lowest BCUT2D eigenvalue weighted by molar-refractivity contribution is -0.249. The summed E-state index contributed by atoms with van der Waals surface area (Å²) in [4.78, 5) is 11.6. The Morgan fingerprint density at radius 3 is 2.17 bits per heavy atom. The molecular weight excluding hydrogens is 240 g/mol. The second-order valence-corrected chi connectivity index (χ2v) is 3.76. The second kappa shape index (κ2) is 5.51. The molecule has 102 valence electrons. The lowest BCUT2D eigenvalue weighted by Crippen LogP contribution is -2.53. The van der Waals surface area contributed by atoms with Crippen LogP contribution in [0.15, 0.2) is 23.2 Å². The summed E-state index contributed by atoms with van der Waals surface area (Å²) in [5.74, 6) is -1.71. The van der Waals surface area contributed by atoms with Gasteiger partial charge in [0.1, 0.15) is 5.76 Å². The smallest absolute Gasteiger partial charge is 0.259 e. The molecule has 6 heteroatoms. The Kier molecular flexibility index (Phi) is 4.50. The molecule has 0 radical (unpaired) electrons. The number of ether oxygens (including phenoxy) is 4. The molecule has 0 bridgehead atoms. The van der Waals surface area contributed by atoms with Gasteiger partial charge in [-0.05, 0) is 6.92 Å². The molecule has 1 atom stereocenters. The number of ketones is 1. The van der Waals surface area contributed by atoms with Gasteiger partial charge in [0.2, 0.25) is 0 Å². The Hall–Kier alpha value is -1.37. The van der Waals surface area contributed by atoms with Gasteiger partial charge >= 0.3 is 0 Å². The molecule has 6 nitrogen and oxygen atoms in total. The van der Waals surface area contributed by atoms with Crippen molar-refractivity contribution in [2.75, 3.05) is 28.4 Å². The minimum absolute atomic E-state index is 0.0852. The minimum Gasteiger partial charge on any atom is -0.507 e. The average molecular weight is 258 g/mol. The van der Waals surface area contributed by atoms with Crippen molar-refractivity contribution < 1.29 is 28.8 Å². The summed E-state index contributed by atoms with van der Waals surface area (Å²) in [7, 11) is 5.62. The number of methoxy groups -OCH3 is 4. The highest BCUT2D eigenvalue weighted by molar-refractivity contribution is 5.96. The quantitative estimate of drug-likeness (QED) is 0.740. The molecule has 1 aliphatic rings. The fourth-order valence-electron chi connectivity index (χ4n) is 2.09. The van der Waals surface area contributed by atoms with Crippen molar-refractivity contribution in [3.05, 3.63) is 23.2 Å². The average Bonchev–Trinajstić information content (AvgIpc) is 2.36. The molecule has 0 aromatic heterocycles. The van der Waals surface area contributed by atoms with E-state index >= 15 is 0 Å². The van der Waals surface area contributed by atoms with Crippen LogP contribution in [0.4, 0.5) is 0 Å². The zero-order valence-electron chi connectivity index (χ0n) is 11.1. The molecule has 0 fully saturated rings. The Morgan fingerprint density at radius 2 is 1.83 bits per heavy atom. The maximum absolute atomic E-state index is 11.6. The molecule has 0 aromatic rings. The van der Waals surface area contributed by atoms with E-state index in [9.17, 15) is 9.90 Å². The van der Waals surface area contributed by atoms with Crippen LogP contribution in [0.1, 0.15) is 6.92 Å². The van der Waals surface area contributed by atoms with E-state index in [0.717, 1.165) is 0 Å². The van der Waals surface area contributed by atoms with Gasteiger partial charge < -0.3 is 24.1 Å². The van der Waals surface area contributed by atoms with E-state index in [1.54, 1.807) is 0 Å². The summed E-state index contributed by atoms with van der Waals surface area (Å²) in [6, 6.07) is 0. The molecular formula is C12H18O6. The first-order valence-corrected chi connectivity index (χ1v) is 5.31. The van der Waals surface area contributed by atoms with Gasteiger partial charge in [-0.1, -0.05) is 0 Å². The summed E-state index contributed by atoms with van der Waals surface area (Å²) >= 11 is 0. The molecule has 18 heavy (non-hydrogen) atoms. The van der Waals surface area contributed by atoms with Crippen LogP contribution in [0.3, 0.4) is 0 Å². The third-order valence-corrected chi connectivity index (χ3v) is 2.94. The first kappa shape index (κ1) is 14.7. The van der Waals surface area contributed by atoms with Gasteiger partial charge in [0.25, 0.3) is 5.79 Å². The molecule has 0 amide bonds. The highest BCUT2D eigenvalue weighted by Crippen LogP contribution is 2.38. The zero-order valence-corrected chi connectivity index (χ0v) is 11.1. The largest absolute Gasteiger partial charge is 0.507 e. The molecule has 1 unspecified atom stereocenters. The maximum atomic E-state index is 11.6. The zero-order chi connectivity index (χ0) is 13.9. The van der Waals surface area contributed by atoms with E-state index in [-0.39, 0.29) is 22.9 Å².